The molecule has 2 rings (SSSR count). The fraction of sp³-hybridized carbons (Fsp3) is 0.600. The number of nitrogens with one attached hydrogen (secondary N) is 1. The zero-order valence-corrected chi connectivity index (χ0v) is 13.4. The van der Waals surface area contributed by atoms with Crippen LogP contribution in [0.3, 0.4) is 0 Å². The molecular weight excluding hydrogens is 298 g/mol. The minimum atomic E-state index is -0.409. The van der Waals surface area contributed by atoms with Crippen molar-refractivity contribution in [3.8, 4) is 0 Å². The average Bonchev–Trinajstić information content (AvgIpc) is 2.43. The van der Waals surface area contributed by atoms with Gasteiger partial charge in [-0.05, 0) is 63.5 Å². The number of halogens is 3. The maximum atomic E-state index is 13.6. The third kappa shape index (κ3) is 3.85. The Hall–Kier alpha value is -0.350. The third-order valence-electron chi connectivity index (χ3n) is 4.16. The molecule has 1 aromatic rings. The number of benzene rings is 1. The van der Waals surface area contributed by atoms with Gasteiger partial charge >= 0.3 is 0 Å². The van der Waals surface area contributed by atoms with Crippen molar-refractivity contribution in [2.45, 2.75) is 25.8 Å². The molecule has 1 aromatic carbocycles. The molecule has 0 radical (unpaired) electrons. The highest BCUT2D eigenvalue weighted by Gasteiger charge is 2.21. The second-order valence-electron chi connectivity index (χ2n) is 5.60. The molecule has 1 fully saturated rings. The van der Waals surface area contributed by atoms with Gasteiger partial charge in [0.1, 0.15) is 5.82 Å². The molecular formula is C15H21Cl2FN2. The van der Waals surface area contributed by atoms with Crippen molar-refractivity contribution in [1.82, 2.24) is 10.2 Å². The van der Waals surface area contributed by atoms with E-state index in [1.54, 1.807) is 0 Å². The van der Waals surface area contributed by atoms with Crippen LogP contribution < -0.4 is 5.32 Å². The van der Waals surface area contributed by atoms with Crippen LogP contribution in [0.25, 0.3) is 0 Å². The lowest BCUT2D eigenvalue weighted by Gasteiger charge is -2.32. The fourth-order valence-corrected chi connectivity index (χ4v) is 3.27. The highest BCUT2D eigenvalue weighted by Crippen LogP contribution is 2.31. The number of rotatable bonds is 4. The van der Waals surface area contributed by atoms with E-state index in [9.17, 15) is 4.39 Å². The molecule has 0 aromatic heterocycles. The van der Waals surface area contributed by atoms with Crippen LogP contribution in [0.5, 0.6) is 0 Å². The molecule has 1 saturated heterocycles. The van der Waals surface area contributed by atoms with Gasteiger partial charge in [0.15, 0.2) is 0 Å². The van der Waals surface area contributed by atoms with Crippen molar-refractivity contribution < 1.29 is 4.39 Å². The molecule has 1 N–H and O–H groups in total. The van der Waals surface area contributed by atoms with Gasteiger partial charge in [-0.25, -0.2) is 4.39 Å². The molecule has 0 bridgehead atoms. The molecule has 1 aliphatic heterocycles. The predicted molar refractivity (Wildman–Crippen MR) is 83.1 cm³/mol. The minimum Gasteiger partial charge on any atom is -0.317 e. The van der Waals surface area contributed by atoms with E-state index < -0.39 is 5.82 Å². The highest BCUT2D eigenvalue weighted by molar-refractivity contribution is 6.35. The van der Waals surface area contributed by atoms with Crippen LogP contribution in [0.15, 0.2) is 12.1 Å². The lowest BCUT2D eigenvalue weighted by atomic mass is 9.96. The first-order chi connectivity index (χ1) is 9.49. The van der Waals surface area contributed by atoms with Gasteiger partial charge in [0, 0.05) is 17.6 Å². The molecule has 0 aliphatic carbocycles. The molecule has 0 spiro atoms. The SMILES string of the molecule is CC(c1cc(F)c(Cl)cc1Cl)N(C)CC1CCNCC1. The molecule has 0 saturated carbocycles. The van der Waals surface area contributed by atoms with Gasteiger partial charge in [0.25, 0.3) is 0 Å². The molecule has 20 heavy (non-hydrogen) atoms. The van der Waals surface area contributed by atoms with E-state index in [0.29, 0.717) is 10.9 Å². The van der Waals surface area contributed by atoms with E-state index >= 15 is 0 Å². The highest BCUT2D eigenvalue weighted by atomic mass is 35.5. The molecule has 2 nitrogen and oxygen atoms in total. The van der Waals surface area contributed by atoms with Crippen LogP contribution in [0.1, 0.15) is 31.4 Å². The Morgan fingerprint density at radius 2 is 1.95 bits per heavy atom. The van der Waals surface area contributed by atoms with Crippen molar-refractivity contribution >= 4 is 23.2 Å². The van der Waals surface area contributed by atoms with Gasteiger partial charge in [-0.15, -0.1) is 0 Å². The Morgan fingerprint density at radius 3 is 2.60 bits per heavy atom. The number of hydrogen-bond donors (Lipinski definition) is 1. The van der Waals surface area contributed by atoms with Gasteiger partial charge in [-0.3, -0.25) is 4.90 Å². The van der Waals surface area contributed by atoms with E-state index in [1.165, 1.54) is 25.0 Å². The maximum absolute atomic E-state index is 13.6. The summed E-state index contributed by atoms with van der Waals surface area (Å²) < 4.78 is 13.6. The summed E-state index contributed by atoms with van der Waals surface area (Å²) in [5.41, 5.74) is 0.796. The molecule has 5 heteroatoms. The number of nitrogens with zero attached hydrogens (tertiary/aromatic N) is 1. The summed E-state index contributed by atoms with van der Waals surface area (Å²) in [6.07, 6.45) is 2.39. The van der Waals surface area contributed by atoms with E-state index in [1.807, 2.05) is 0 Å². The van der Waals surface area contributed by atoms with Crippen molar-refractivity contribution in [1.29, 1.82) is 0 Å². The summed E-state index contributed by atoms with van der Waals surface area (Å²) in [6, 6.07) is 3.01. The quantitative estimate of drug-likeness (QED) is 0.840. The van der Waals surface area contributed by atoms with Gasteiger partial charge in [0.2, 0.25) is 0 Å². The Balaban J connectivity index is 2.05. The second-order valence-corrected chi connectivity index (χ2v) is 6.41. The van der Waals surface area contributed by atoms with Gasteiger partial charge in [-0.1, -0.05) is 23.2 Å². The van der Waals surface area contributed by atoms with Crippen LogP contribution in [0, 0.1) is 11.7 Å². The van der Waals surface area contributed by atoms with Crippen LogP contribution in [-0.2, 0) is 0 Å². The first kappa shape index (κ1) is 16.0. The zero-order valence-electron chi connectivity index (χ0n) is 11.9. The Morgan fingerprint density at radius 1 is 1.30 bits per heavy atom. The third-order valence-corrected chi connectivity index (χ3v) is 4.77. The van der Waals surface area contributed by atoms with Gasteiger partial charge in [0.05, 0.1) is 5.02 Å². The van der Waals surface area contributed by atoms with Crippen molar-refractivity contribution in [2.24, 2.45) is 5.92 Å². The maximum Gasteiger partial charge on any atom is 0.142 e. The van der Waals surface area contributed by atoms with Crippen LogP contribution >= 0.6 is 23.2 Å². The Bertz CT molecular complexity index is 461. The lowest BCUT2D eigenvalue weighted by Crippen LogP contribution is -2.35. The second kappa shape index (κ2) is 7.08. The molecule has 0 amide bonds. The Kier molecular flexibility index (Phi) is 5.67. The topological polar surface area (TPSA) is 15.3 Å². The molecule has 1 unspecified atom stereocenters. The molecule has 112 valence electrons. The normalized spacial score (nSPS) is 18.5. The summed E-state index contributed by atoms with van der Waals surface area (Å²) in [5.74, 6) is 0.285. The number of piperidine rings is 1. The first-order valence-corrected chi connectivity index (χ1v) is 7.80. The predicted octanol–water partition coefficient (Wildman–Crippen LogP) is 4.12. The summed E-state index contributed by atoms with van der Waals surface area (Å²) in [7, 11) is 2.07. The zero-order chi connectivity index (χ0) is 14.7. The molecule has 1 atom stereocenters. The standard InChI is InChI=1S/C15H21Cl2FN2/c1-10(12-7-15(18)14(17)8-13(12)16)20(2)9-11-3-5-19-6-4-11/h7-8,10-11,19H,3-6,9H2,1-2H3. The monoisotopic (exact) mass is 318 g/mol. The summed E-state index contributed by atoms with van der Waals surface area (Å²) >= 11 is 11.9. The largest absolute Gasteiger partial charge is 0.317 e. The van der Waals surface area contributed by atoms with Crippen LogP contribution in [0.2, 0.25) is 10.0 Å². The van der Waals surface area contributed by atoms with Crippen molar-refractivity contribution in [3.05, 3.63) is 33.6 Å². The minimum absolute atomic E-state index is 0.0733. The van der Waals surface area contributed by atoms with Crippen LogP contribution in [0.4, 0.5) is 4.39 Å². The summed E-state index contributed by atoms with van der Waals surface area (Å²) in [5, 5.41) is 3.97. The smallest absolute Gasteiger partial charge is 0.142 e. The van der Waals surface area contributed by atoms with E-state index in [4.69, 9.17) is 23.2 Å². The fourth-order valence-electron chi connectivity index (χ4n) is 2.73. The van der Waals surface area contributed by atoms with E-state index in [2.05, 4.69) is 24.2 Å². The average molecular weight is 319 g/mol. The van der Waals surface area contributed by atoms with Gasteiger partial charge < -0.3 is 5.32 Å². The molecule has 1 aliphatic rings. The van der Waals surface area contributed by atoms with Crippen molar-refractivity contribution in [2.75, 3.05) is 26.7 Å². The molecule has 1 heterocycles. The van der Waals surface area contributed by atoms with E-state index in [0.717, 1.165) is 25.2 Å². The number of hydrogen-bond acceptors (Lipinski definition) is 2. The van der Waals surface area contributed by atoms with E-state index in [-0.39, 0.29) is 11.1 Å². The Labute approximate surface area is 130 Å². The lowest BCUT2D eigenvalue weighted by molar-refractivity contribution is 0.196. The summed E-state index contributed by atoms with van der Waals surface area (Å²) in [4.78, 5) is 2.24. The van der Waals surface area contributed by atoms with Crippen LogP contribution in [-0.4, -0.2) is 31.6 Å². The van der Waals surface area contributed by atoms with Gasteiger partial charge in [-0.2, -0.15) is 0 Å². The van der Waals surface area contributed by atoms with Crippen molar-refractivity contribution in [3.63, 3.8) is 0 Å². The first-order valence-electron chi connectivity index (χ1n) is 7.04. The summed E-state index contributed by atoms with van der Waals surface area (Å²) in [6.45, 7) is 5.23.